The van der Waals surface area contributed by atoms with Crippen molar-refractivity contribution in [2.75, 3.05) is 13.7 Å². The summed E-state index contributed by atoms with van der Waals surface area (Å²) in [5.74, 6) is 1.71. The standard InChI is InChI=1S/C14H28O2Si/c1-15-17(2,16-11-13-9-6-10-13)12-14-7-4-3-5-8-14/h13-14H,3-12H2,1-2H3. The van der Waals surface area contributed by atoms with Gasteiger partial charge in [-0.2, -0.15) is 0 Å². The van der Waals surface area contributed by atoms with Crippen molar-refractivity contribution in [3.8, 4) is 0 Å². The normalized spacial score (nSPS) is 26.5. The van der Waals surface area contributed by atoms with Crippen molar-refractivity contribution in [3.05, 3.63) is 0 Å². The van der Waals surface area contributed by atoms with Crippen LogP contribution in [-0.2, 0) is 8.85 Å². The van der Waals surface area contributed by atoms with Crippen LogP contribution in [0, 0.1) is 11.8 Å². The molecule has 2 fully saturated rings. The molecule has 0 aromatic carbocycles. The van der Waals surface area contributed by atoms with Gasteiger partial charge in [0.05, 0.1) is 0 Å². The van der Waals surface area contributed by atoms with Crippen molar-refractivity contribution in [1.29, 1.82) is 0 Å². The van der Waals surface area contributed by atoms with Crippen LogP contribution in [0.15, 0.2) is 0 Å². The summed E-state index contributed by atoms with van der Waals surface area (Å²) >= 11 is 0. The topological polar surface area (TPSA) is 18.5 Å². The smallest absolute Gasteiger partial charge is 0.334 e. The van der Waals surface area contributed by atoms with Gasteiger partial charge in [-0.05, 0) is 37.3 Å². The Balaban J connectivity index is 1.75. The van der Waals surface area contributed by atoms with Crippen LogP contribution in [0.25, 0.3) is 0 Å². The second-order valence-electron chi connectivity index (χ2n) is 6.15. The minimum atomic E-state index is -1.86. The minimum absolute atomic E-state index is 0.836. The Bertz CT molecular complexity index is 224. The van der Waals surface area contributed by atoms with Crippen molar-refractivity contribution >= 4 is 8.56 Å². The average molecular weight is 256 g/mol. The Labute approximate surface area is 107 Å². The predicted molar refractivity (Wildman–Crippen MR) is 73.3 cm³/mol. The molecule has 100 valence electrons. The molecule has 0 radical (unpaired) electrons. The Morgan fingerprint density at radius 3 is 2.12 bits per heavy atom. The molecule has 0 bridgehead atoms. The lowest BCUT2D eigenvalue weighted by atomic mass is 9.86. The third-order valence-corrected chi connectivity index (χ3v) is 7.62. The van der Waals surface area contributed by atoms with Crippen LogP contribution in [0.1, 0.15) is 51.4 Å². The Kier molecular flexibility index (Phi) is 5.06. The van der Waals surface area contributed by atoms with Gasteiger partial charge in [0.2, 0.25) is 0 Å². The predicted octanol–water partition coefficient (Wildman–Crippen LogP) is 4.10. The lowest BCUT2D eigenvalue weighted by Crippen LogP contribution is -2.41. The minimum Gasteiger partial charge on any atom is -0.398 e. The lowest BCUT2D eigenvalue weighted by molar-refractivity contribution is 0.128. The van der Waals surface area contributed by atoms with Crippen LogP contribution >= 0.6 is 0 Å². The second kappa shape index (κ2) is 6.35. The third-order valence-electron chi connectivity index (χ3n) is 4.67. The van der Waals surface area contributed by atoms with Gasteiger partial charge in [0.1, 0.15) is 0 Å². The van der Waals surface area contributed by atoms with E-state index in [1.54, 1.807) is 0 Å². The first-order chi connectivity index (χ1) is 8.22. The summed E-state index contributed by atoms with van der Waals surface area (Å²) in [6.07, 6.45) is 11.2. The van der Waals surface area contributed by atoms with Gasteiger partial charge >= 0.3 is 8.56 Å². The zero-order chi connectivity index (χ0) is 12.1. The molecule has 2 nitrogen and oxygen atoms in total. The first kappa shape index (κ1) is 13.6. The zero-order valence-corrected chi connectivity index (χ0v) is 12.5. The summed E-state index contributed by atoms with van der Waals surface area (Å²) in [5, 5.41) is 0. The SMILES string of the molecule is CO[Si](C)(CC1CCCCC1)OCC1CCC1. The van der Waals surface area contributed by atoms with Crippen molar-refractivity contribution in [1.82, 2.24) is 0 Å². The van der Waals surface area contributed by atoms with E-state index in [4.69, 9.17) is 8.85 Å². The summed E-state index contributed by atoms with van der Waals surface area (Å²) in [4.78, 5) is 0. The molecule has 0 heterocycles. The van der Waals surface area contributed by atoms with E-state index in [0.29, 0.717) is 0 Å². The van der Waals surface area contributed by atoms with Crippen molar-refractivity contribution in [2.45, 2.75) is 64.0 Å². The van der Waals surface area contributed by atoms with Gasteiger partial charge in [0.25, 0.3) is 0 Å². The van der Waals surface area contributed by atoms with Crippen LogP contribution in [0.5, 0.6) is 0 Å². The van der Waals surface area contributed by atoms with E-state index in [1.165, 1.54) is 57.4 Å². The summed E-state index contributed by atoms with van der Waals surface area (Å²) in [5.41, 5.74) is 0. The number of rotatable bonds is 6. The molecule has 0 aromatic heterocycles. The van der Waals surface area contributed by atoms with Gasteiger partial charge in [-0.3, -0.25) is 0 Å². The highest BCUT2D eigenvalue weighted by Gasteiger charge is 2.35. The van der Waals surface area contributed by atoms with Gasteiger partial charge < -0.3 is 8.85 Å². The van der Waals surface area contributed by atoms with E-state index < -0.39 is 8.56 Å². The van der Waals surface area contributed by atoms with E-state index in [2.05, 4.69) is 6.55 Å². The molecule has 0 spiro atoms. The molecule has 17 heavy (non-hydrogen) atoms. The van der Waals surface area contributed by atoms with E-state index in [1.807, 2.05) is 7.11 Å². The molecule has 3 heteroatoms. The molecule has 1 atom stereocenters. The molecular weight excluding hydrogens is 228 g/mol. The molecule has 0 aliphatic heterocycles. The zero-order valence-electron chi connectivity index (χ0n) is 11.5. The molecule has 1 unspecified atom stereocenters. The maximum Gasteiger partial charge on any atom is 0.334 e. The molecule has 2 rings (SSSR count). The number of hydrogen-bond donors (Lipinski definition) is 0. The summed E-state index contributed by atoms with van der Waals surface area (Å²) in [6, 6.07) is 1.22. The van der Waals surface area contributed by atoms with Gasteiger partial charge in [0.15, 0.2) is 0 Å². The lowest BCUT2D eigenvalue weighted by Gasteiger charge is -2.34. The molecule has 0 N–H and O–H groups in total. The van der Waals surface area contributed by atoms with Crippen LogP contribution in [0.4, 0.5) is 0 Å². The molecule has 2 aliphatic rings. The average Bonchev–Trinajstić information content (AvgIpc) is 2.28. The maximum absolute atomic E-state index is 6.20. The van der Waals surface area contributed by atoms with Crippen molar-refractivity contribution in [2.24, 2.45) is 11.8 Å². The fraction of sp³-hybridized carbons (Fsp3) is 1.00. The first-order valence-electron chi connectivity index (χ1n) is 7.41. The van der Waals surface area contributed by atoms with Crippen LogP contribution in [0.2, 0.25) is 12.6 Å². The van der Waals surface area contributed by atoms with E-state index in [-0.39, 0.29) is 0 Å². The Morgan fingerprint density at radius 2 is 1.59 bits per heavy atom. The number of hydrogen-bond acceptors (Lipinski definition) is 2. The fourth-order valence-electron chi connectivity index (χ4n) is 3.07. The molecule has 2 saturated carbocycles. The monoisotopic (exact) mass is 256 g/mol. The Hall–Kier alpha value is 0.137. The van der Waals surface area contributed by atoms with Crippen LogP contribution in [0.3, 0.4) is 0 Å². The van der Waals surface area contributed by atoms with Crippen LogP contribution in [-0.4, -0.2) is 22.3 Å². The van der Waals surface area contributed by atoms with Crippen LogP contribution < -0.4 is 0 Å². The first-order valence-corrected chi connectivity index (χ1v) is 9.93. The maximum atomic E-state index is 6.20. The molecule has 2 aliphatic carbocycles. The van der Waals surface area contributed by atoms with Gasteiger partial charge in [-0.1, -0.05) is 38.5 Å². The quantitative estimate of drug-likeness (QED) is 0.666. The van der Waals surface area contributed by atoms with Crippen molar-refractivity contribution < 1.29 is 8.85 Å². The van der Waals surface area contributed by atoms with E-state index in [9.17, 15) is 0 Å². The third kappa shape index (κ3) is 4.07. The van der Waals surface area contributed by atoms with E-state index >= 15 is 0 Å². The largest absolute Gasteiger partial charge is 0.398 e. The summed E-state index contributed by atoms with van der Waals surface area (Å²) < 4.78 is 12.0. The van der Waals surface area contributed by atoms with Gasteiger partial charge in [-0.15, -0.1) is 0 Å². The van der Waals surface area contributed by atoms with E-state index in [0.717, 1.165) is 18.4 Å². The summed E-state index contributed by atoms with van der Waals surface area (Å²) in [7, 11) is 0.00103. The highest BCUT2D eigenvalue weighted by Crippen LogP contribution is 2.33. The molecular formula is C14H28O2Si. The molecule has 0 aromatic rings. The van der Waals surface area contributed by atoms with Crippen molar-refractivity contribution in [3.63, 3.8) is 0 Å². The highest BCUT2D eigenvalue weighted by atomic mass is 28.4. The Morgan fingerprint density at radius 1 is 0.941 bits per heavy atom. The second-order valence-corrected chi connectivity index (χ2v) is 9.53. The fourth-order valence-corrected chi connectivity index (χ4v) is 5.52. The van der Waals surface area contributed by atoms with Gasteiger partial charge in [0, 0.05) is 13.7 Å². The highest BCUT2D eigenvalue weighted by molar-refractivity contribution is 6.66. The summed E-state index contributed by atoms with van der Waals surface area (Å²) in [6.45, 7) is 3.23. The molecule has 0 amide bonds. The molecule has 0 saturated heterocycles. The van der Waals surface area contributed by atoms with Gasteiger partial charge in [-0.25, -0.2) is 0 Å².